The summed E-state index contributed by atoms with van der Waals surface area (Å²) in [5, 5.41) is 9.01. The predicted octanol–water partition coefficient (Wildman–Crippen LogP) is 3.35. The molecule has 4 heteroatoms. The predicted molar refractivity (Wildman–Crippen MR) is 84.5 cm³/mol. The number of aliphatic carboxylic acids is 1. The van der Waals surface area contributed by atoms with Crippen LogP contribution in [0.25, 0.3) is 0 Å². The van der Waals surface area contributed by atoms with Crippen molar-refractivity contribution in [1.82, 2.24) is 0 Å². The van der Waals surface area contributed by atoms with Gasteiger partial charge < -0.3 is 9.84 Å². The van der Waals surface area contributed by atoms with Gasteiger partial charge in [0.2, 0.25) is 0 Å². The molecule has 0 amide bonds. The van der Waals surface area contributed by atoms with Crippen molar-refractivity contribution in [2.45, 2.75) is 58.5 Å². The highest BCUT2D eigenvalue weighted by Crippen LogP contribution is 2.70. The first-order chi connectivity index (χ1) is 10.8. The minimum atomic E-state index is -1.10. The fourth-order valence-electron chi connectivity index (χ4n) is 6.89. The molecule has 8 atom stereocenters. The van der Waals surface area contributed by atoms with Gasteiger partial charge in [0.05, 0.1) is 0 Å². The van der Waals surface area contributed by atoms with E-state index in [0.29, 0.717) is 11.8 Å². The molecule has 0 spiro atoms. The third-order valence-electron chi connectivity index (χ3n) is 7.71. The molecule has 0 aromatic carbocycles. The zero-order valence-corrected chi connectivity index (χ0v) is 14.3. The second-order valence-corrected chi connectivity index (χ2v) is 9.07. The largest absolute Gasteiger partial charge is 0.481 e. The highest BCUT2D eigenvalue weighted by atomic mass is 16.6. The van der Waals surface area contributed by atoms with Gasteiger partial charge in [-0.2, -0.15) is 0 Å². The first-order valence-corrected chi connectivity index (χ1v) is 9.25. The lowest BCUT2D eigenvalue weighted by molar-refractivity contribution is -0.174. The summed E-state index contributed by atoms with van der Waals surface area (Å²) in [6.45, 7) is 5.40. The van der Waals surface area contributed by atoms with Crippen molar-refractivity contribution in [3.05, 3.63) is 0 Å². The number of esters is 1. The molecule has 0 radical (unpaired) electrons. The van der Waals surface area contributed by atoms with Crippen LogP contribution in [0.15, 0.2) is 0 Å². The van der Waals surface area contributed by atoms with Crippen LogP contribution in [-0.4, -0.2) is 22.6 Å². The zero-order valence-electron chi connectivity index (χ0n) is 14.3. The molecule has 0 heterocycles. The zero-order chi connectivity index (χ0) is 16.5. The molecule has 4 fully saturated rings. The van der Waals surface area contributed by atoms with E-state index in [-0.39, 0.29) is 0 Å². The molecule has 1 N–H and O–H groups in total. The van der Waals surface area contributed by atoms with Crippen molar-refractivity contribution >= 4 is 11.9 Å². The van der Waals surface area contributed by atoms with Crippen molar-refractivity contribution in [3.63, 3.8) is 0 Å². The summed E-state index contributed by atoms with van der Waals surface area (Å²) in [7, 11) is 0. The van der Waals surface area contributed by atoms with E-state index in [0.717, 1.165) is 36.0 Å². The van der Waals surface area contributed by atoms with Crippen molar-refractivity contribution in [2.24, 2.45) is 47.3 Å². The average Bonchev–Trinajstić information content (AvgIpc) is 3.22. The fourth-order valence-corrected chi connectivity index (χ4v) is 6.89. The Bertz CT molecular complexity index is 539. The summed E-state index contributed by atoms with van der Waals surface area (Å²) in [5.74, 6) is 2.81. The van der Waals surface area contributed by atoms with Crippen LogP contribution in [0.2, 0.25) is 0 Å². The second-order valence-electron chi connectivity index (χ2n) is 9.07. The van der Waals surface area contributed by atoms with Gasteiger partial charge in [-0.15, -0.1) is 0 Å². The highest BCUT2D eigenvalue weighted by Gasteiger charge is 2.64. The summed E-state index contributed by atoms with van der Waals surface area (Å²) in [6.07, 6.45) is 6.75. The summed E-state index contributed by atoms with van der Waals surface area (Å²) < 4.78 is 5.71. The van der Waals surface area contributed by atoms with E-state index in [4.69, 9.17) is 9.84 Å². The van der Waals surface area contributed by atoms with E-state index >= 15 is 0 Å². The lowest BCUT2D eigenvalue weighted by Crippen LogP contribution is -2.45. The molecule has 23 heavy (non-hydrogen) atoms. The maximum atomic E-state index is 12.1. The van der Waals surface area contributed by atoms with Crippen LogP contribution >= 0.6 is 0 Å². The Morgan fingerprint density at radius 1 is 1.04 bits per heavy atom. The Labute approximate surface area is 138 Å². The molecule has 4 aliphatic carbocycles. The fraction of sp³-hybridized carbons (Fsp3) is 0.895. The molecule has 0 aromatic heterocycles. The van der Waals surface area contributed by atoms with Gasteiger partial charge in [0.25, 0.3) is 0 Å². The third-order valence-corrected chi connectivity index (χ3v) is 7.71. The maximum absolute atomic E-state index is 12.1. The van der Waals surface area contributed by atoms with Gasteiger partial charge in [-0.1, -0.05) is 0 Å². The number of rotatable bonds is 4. The first-order valence-electron chi connectivity index (χ1n) is 9.25. The van der Waals surface area contributed by atoms with Crippen molar-refractivity contribution < 1.29 is 19.4 Å². The van der Waals surface area contributed by atoms with Crippen molar-refractivity contribution in [3.8, 4) is 0 Å². The molecule has 0 aromatic rings. The molecule has 0 saturated heterocycles. The Morgan fingerprint density at radius 3 is 2.35 bits per heavy atom. The number of carboxylic acids is 1. The van der Waals surface area contributed by atoms with E-state index in [9.17, 15) is 9.59 Å². The van der Waals surface area contributed by atoms with E-state index in [1.807, 2.05) is 13.8 Å². The monoisotopic (exact) mass is 320 g/mol. The van der Waals surface area contributed by atoms with E-state index in [2.05, 4.69) is 0 Å². The summed E-state index contributed by atoms with van der Waals surface area (Å²) in [6, 6.07) is 0. The molecule has 4 rings (SSSR count). The van der Waals surface area contributed by atoms with Crippen molar-refractivity contribution in [2.75, 3.05) is 0 Å². The minimum Gasteiger partial charge on any atom is -0.481 e. The van der Waals surface area contributed by atoms with Gasteiger partial charge in [0.1, 0.15) is 5.60 Å². The van der Waals surface area contributed by atoms with Crippen LogP contribution in [0.1, 0.15) is 52.9 Å². The van der Waals surface area contributed by atoms with E-state index in [1.54, 1.807) is 0 Å². The van der Waals surface area contributed by atoms with Crippen LogP contribution in [0.4, 0.5) is 0 Å². The molecule has 8 unspecified atom stereocenters. The van der Waals surface area contributed by atoms with Crippen LogP contribution in [-0.2, 0) is 14.3 Å². The topological polar surface area (TPSA) is 63.6 Å². The quantitative estimate of drug-likeness (QED) is 0.490. The number of hydrogen-bond donors (Lipinski definition) is 1. The SMILES string of the molecule is CC(C(=O)O)C(=O)OC(C)(C)C1CC2CC1C1C3CCC(C3)C21. The minimum absolute atomic E-state index is 0.401. The number of carbonyl (C=O) groups is 2. The molecule has 4 aliphatic rings. The molecule has 4 bridgehead atoms. The molecule has 0 aliphatic heterocycles. The van der Waals surface area contributed by atoms with Crippen LogP contribution < -0.4 is 0 Å². The number of carbonyl (C=O) groups excluding carboxylic acids is 1. The normalized spacial score (nSPS) is 45.1. The summed E-state index contributed by atoms with van der Waals surface area (Å²) in [4.78, 5) is 23.1. The van der Waals surface area contributed by atoms with Crippen LogP contribution in [0.5, 0.6) is 0 Å². The lowest BCUT2D eigenvalue weighted by atomic mass is 9.64. The standard InChI is InChI=1S/C19H28O4/c1-9(17(20)21)18(22)23-19(2,3)14-8-12-7-13(14)16-11-5-4-10(6-11)15(12)16/h9-16H,4-8H2,1-3H3,(H,20,21). The first kappa shape index (κ1) is 15.5. The molecule has 128 valence electrons. The number of fused-ring (bicyclic) bond motifs is 9. The van der Waals surface area contributed by atoms with Crippen molar-refractivity contribution in [1.29, 1.82) is 0 Å². The van der Waals surface area contributed by atoms with Gasteiger partial charge in [-0.3, -0.25) is 9.59 Å². The molecule has 4 saturated carbocycles. The second kappa shape index (κ2) is 4.97. The summed E-state index contributed by atoms with van der Waals surface area (Å²) in [5.41, 5.74) is -0.549. The van der Waals surface area contributed by atoms with E-state index < -0.39 is 23.5 Å². The summed E-state index contributed by atoms with van der Waals surface area (Å²) >= 11 is 0. The number of carboxylic acid groups (broad SMARTS) is 1. The van der Waals surface area contributed by atoms with E-state index in [1.165, 1.54) is 32.6 Å². The third kappa shape index (κ3) is 2.16. The van der Waals surface area contributed by atoms with Crippen LogP contribution in [0, 0.1) is 47.3 Å². The number of hydrogen-bond acceptors (Lipinski definition) is 3. The Hall–Kier alpha value is -1.06. The number of ether oxygens (including phenoxy) is 1. The Balaban J connectivity index is 1.49. The van der Waals surface area contributed by atoms with Gasteiger partial charge in [0, 0.05) is 5.92 Å². The molecular weight excluding hydrogens is 292 g/mol. The highest BCUT2D eigenvalue weighted by molar-refractivity contribution is 5.93. The van der Waals surface area contributed by atoms with Gasteiger partial charge in [-0.25, -0.2) is 0 Å². The maximum Gasteiger partial charge on any atom is 0.320 e. The molecular formula is C19H28O4. The Morgan fingerprint density at radius 2 is 1.70 bits per heavy atom. The molecule has 4 nitrogen and oxygen atoms in total. The lowest BCUT2D eigenvalue weighted by Gasteiger charge is -2.44. The average molecular weight is 320 g/mol. The smallest absolute Gasteiger partial charge is 0.320 e. The van der Waals surface area contributed by atoms with Gasteiger partial charge >= 0.3 is 11.9 Å². The van der Waals surface area contributed by atoms with Gasteiger partial charge in [-0.05, 0) is 88.4 Å². The van der Waals surface area contributed by atoms with Gasteiger partial charge in [0.15, 0.2) is 5.92 Å². The van der Waals surface area contributed by atoms with Crippen LogP contribution in [0.3, 0.4) is 0 Å². The Kier molecular flexibility index (Phi) is 3.34.